The Labute approximate surface area is 153 Å². The van der Waals surface area contributed by atoms with Crippen molar-refractivity contribution < 1.29 is 13.9 Å². The van der Waals surface area contributed by atoms with Crippen molar-refractivity contribution in [3.8, 4) is 11.1 Å². The zero-order valence-electron chi connectivity index (χ0n) is 13.8. The topological polar surface area (TPSA) is 72.3 Å². The summed E-state index contributed by atoms with van der Waals surface area (Å²) in [6, 6.07) is 14.3. The Bertz CT molecular complexity index is 1190. The lowest BCUT2D eigenvalue weighted by molar-refractivity contribution is 0.0525. The van der Waals surface area contributed by atoms with Crippen LogP contribution in [0.5, 0.6) is 0 Å². The molecule has 0 aliphatic rings. The normalized spacial score (nSPS) is 11.2. The van der Waals surface area contributed by atoms with Crippen LogP contribution in [0, 0.1) is 0 Å². The summed E-state index contributed by atoms with van der Waals surface area (Å²) in [5.41, 5.74) is 1.98. The number of pyridine rings is 1. The zero-order valence-corrected chi connectivity index (χ0v) is 14.6. The van der Waals surface area contributed by atoms with Gasteiger partial charge < -0.3 is 14.1 Å². The van der Waals surface area contributed by atoms with Crippen LogP contribution >= 0.6 is 11.6 Å². The summed E-state index contributed by atoms with van der Waals surface area (Å²) in [4.78, 5) is 28.0. The molecule has 0 spiro atoms. The number of nitrogens with one attached hydrogen (secondary N) is 1. The minimum Gasteiger partial charge on any atom is -0.462 e. The van der Waals surface area contributed by atoms with Crippen LogP contribution in [-0.4, -0.2) is 17.6 Å². The largest absolute Gasteiger partial charge is 0.462 e. The molecule has 0 amide bonds. The van der Waals surface area contributed by atoms with E-state index in [-0.39, 0.29) is 12.2 Å². The van der Waals surface area contributed by atoms with E-state index in [1.165, 1.54) is 0 Å². The number of benzene rings is 2. The Hall–Kier alpha value is -3.05. The molecule has 2 aromatic carbocycles. The highest BCUT2D eigenvalue weighted by Gasteiger charge is 2.25. The molecule has 1 N–H and O–H groups in total. The number of hydrogen-bond acceptors (Lipinski definition) is 4. The average molecular weight is 368 g/mol. The van der Waals surface area contributed by atoms with Crippen LogP contribution in [-0.2, 0) is 4.74 Å². The fourth-order valence-corrected chi connectivity index (χ4v) is 3.22. The monoisotopic (exact) mass is 367 g/mol. The van der Waals surface area contributed by atoms with E-state index in [1.54, 1.807) is 25.1 Å². The Morgan fingerprint density at radius 2 is 1.96 bits per heavy atom. The molecule has 0 bridgehead atoms. The molecular weight excluding hydrogens is 354 g/mol. The lowest BCUT2D eigenvalue weighted by Gasteiger charge is -2.09. The Morgan fingerprint density at radius 3 is 2.69 bits per heavy atom. The fraction of sp³-hybridized carbons (Fsp3) is 0.100. The first-order valence-corrected chi connectivity index (χ1v) is 8.48. The van der Waals surface area contributed by atoms with Gasteiger partial charge in [-0.05, 0) is 30.7 Å². The summed E-state index contributed by atoms with van der Waals surface area (Å²) in [6.07, 6.45) is 0. The number of carbonyl (C=O) groups excluding carboxylic acids is 1. The van der Waals surface area contributed by atoms with E-state index in [4.69, 9.17) is 20.8 Å². The Kier molecular flexibility index (Phi) is 4.01. The Morgan fingerprint density at radius 1 is 1.19 bits per heavy atom. The lowest BCUT2D eigenvalue weighted by atomic mass is 10.00. The molecule has 4 aromatic rings. The van der Waals surface area contributed by atoms with Gasteiger partial charge in [-0.3, -0.25) is 4.79 Å². The first kappa shape index (κ1) is 16.4. The lowest BCUT2D eigenvalue weighted by Crippen LogP contribution is -2.21. The highest BCUT2D eigenvalue weighted by atomic mass is 35.5. The van der Waals surface area contributed by atoms with Gasteiger partial charge in [0.15, 0.2) is 5.58 Å². The third-order valence-electron chi connectivity index (χ3n) is 4.13. The van der Waals surface area contributed by atoms with Crippen molar-refractivity contribution in [1.82, 2.24) is 4.98 Å². The number of H-pyrrole nitrogens is 1. The number of halogens is 1. The SMILES string of the molecule is CCOC(=O)c1c(-c2ccccc2)c2oc3ccc(Cl)cc3c2[nH]c1=O. The molecule has 130 valence electrons. The highest BCUT2D eigenvalue weighted by Crippen LogP contribution is 2.36. The minimum atomic E-state index is -0.687. The first-order chi connectivity index (χ1) is 12.6. The van der Waals surface area contributed by atoms with E-state index in [0.29, 0.717) is 38.2 Å². The molecule has 0 saturated carbocycles. The summed E-state index contributed by atoms with van der Waals surface area (Å²) >= 11 is 6.09. The first-order valence-electron chi connectivity index (χ1n) is 8.10. The number of aromatic nitrogens is 1. The molecule has 0 radical (unpaired) electrons. The van der Waals surface area contributed by atoms with Gasteiger partial charge in [0.2, 0.25) is 0 Å². The third-order valence-corrected chi connectivity index (χ3v) is 4.37. The van der Waals surface area contributed by atoms with Gasteiger partial charge in [0.25, 0.3) is 5.56 Å². The molecular formula is C20H14ClNO4. The molecule has 5 nitrogen and oxygen atoms in total. The highest BCUT2D eigenvalue weighted by molar-refractivity contribution is 6.31. The molecule has 6 heteroatoms. The van der Waals surface area contributed by atoms with E-state index in [9.17, 15) is 9.59 Å². The second-order valence-corrected chi connectivity index (χ2v) is 6.17. The van der Waals surface area contributed by atoms with Crippen LogP contribution < -0.4 is 5.56 Å². The molecule has 0 saturated heterocycles. The third kappa shape index (κ3) is 2.57. The molecule has 0 aliphatic carbocycles. The zero-order chi connectivity index (χ0) is 18.3. The van der Waals surface area contributed by atoms with Gasteiger partial charge in [0.05, 0.1) is 12.1 Å². The average Bonchev–Trinajstić information content (AvgIpc) is 2.99. The number of furan rings is 1. The van der Waals surface area contributed by atoms with Gasteiger partial charge in [0, 0.05) is 16.0 Å². The fourth-order valence-electron chi connectivity index (χ4n) is 3.05. The maximum Gasteiger partial charge on any atom is 0.344 e. The predicted octanol–water partition coefficient (Wildman–Crippen LogP) is 4.77. The number of esters is 1. The van der Waals surface area contributed by atoms with Crippen LogP contribution in [0.1, 0.15) is 17.3 Å². The van der Waals surface area contributed by atoms with Crippen LogP contribution in [0.2, 0.25) is 5.02 Å². The van der Waals surface area contributed by atoms with Gasteiger partial charge in [-0.15, -0.1) is 0 Å². The smallest absolute Gasteiger partial charge is 0.344 e. The predicted molar refractivity (Wildman–Crippen MR) is 101 cm³/mol. The van der Waals surface area contributed by atoms with Crippen LogP contribution in [0.4, 0.5) is 0 Å². The van der Waals surface area contributed by atoms with E-state index in [0.717, 1.165) is 0 Å². The Balaban J connectivity index is 2.17. The second kappa shape index (κ2) is 6.35. The van der Waals surface area contributed by atoms with Crippen molar-refractivity contribution >= 4 is 39.6 Å². The summed E-state index contributed by atoms with van der Waals surface area (Å²) in [6.45, 7) is 1.86. The van der Waals surface area contributed by atoms with Gasteiger partial charge in [0.1, 0.15) is 11.1 Å². The van der Waals surface area contributed by atoms with Crippen molar-refractivity contribution in [3.05, 3.63) is 69.5 Å². The number of rotatable bonds is 3. The van der Waals surface area contributed by atoms with Crippen molar-refractivity contribution in [2.75, 3.05) is 6.61 Å². The number of carbonyl (C=O) groups is 1. The summed E-state index contributed by atoms with van der Waals surface area (Å²) in [7, 11) is 0. The van der Waals surface area contributed by atoms with Crippen molar-refractivity contribution in [2.24, 2.45) is 0 Å². The summed E-state index contributed by atoms with van der Waals surface area (Å²) in [5, 5.41) is 1.20. The maximum atomic E-state index is 12.7. The minimum absolute atomic E-state index is 0.0734. The number of aromatic amines is 1. The van der Waals surface area contributed by atoms with Crippen LogP contribution in [0.15, 0.2) is 57.7 Å². The molecule has 26 heavy (non-hydrogen) atoms. The second-order valence-electron chi connectivity index (χ2n) is 5.74. The van der Waals surface area contributed by atoms with Gasteiger partial charge >= 0.3 is 5.97 Å². The maximum absolute atomic E-state index is 12.7. The molecule has 4 rings (SSSR count). The molecule has 0 aliphatic heterocycles. The van der Waals surface area contributed by atoms with Gasteiger partial charge in [-0.1, -0.05) is 41.9 Å². The number of hydrogen-bond donors (Lipinski definition) is 1. The van der Waals surface area contributed by atoms with Crippen LogP contribution in [0.25, 0.3) is 33.2 Å². The van der Waals surface area contributed by atoms with Gasteiger partial charge in [-0.2, -0.15) is 0 Å². The molecule has 2 aromatic heterocycles. The molecule has 0 fully saturated rings. The summed E-state index contributed by atoms with van der Waals surface area (Å²) in [5.74, 6) is -0.687. The summed E-state index contributed by atoms with van der Waals surface area (Å²) < 4.78 is 11.1. The van der Waals surface area contributed by atoms with E-state index in [2.05, 4.69) is 4.98 Å². The quantitative estimate of drug-likeness (QED) is 0.529. The standard InChI is InChI=1S/C20H14ClNO4/c1-2-25-20(24)16-15(11-6-4-3-5-7-11)18-17(22-19(16)23)13-10-12(21)8-9-14(13)26-18/h3-10H,2H2,1H3,(H,22,23). The molecule has 0 unspecified atom stereocenters. The van der Waals surface area contributed by atoms with Crippen LogP contribution in [0.3, 0.4) is 0 Å². The van der Waals surface area contributed by atoms with Crippen molar-refractivity contribution in [1.29, 1.82) is 0 Å². The number of fused-ring (bicyclic) bond motifs is 3. The van der Waals surface area contributed by atoms with E-state index < -0.39 is 11.5 Å². The van der Waals surface area contributed by atoms with E-state index >= 15 is 0 Å². The molecule has 2 heterocycles. The number of ether oxygens (including phenoxy) is 1. The van der Waals surface area contributed by atoms with Gasteiger partial charge in [-0.25, -0.2) is 4.79 Å². The molecule has 0 atom stereocenters. The van der Waals surface area contributed by atoms with Crippen molar-refractivity contribution in [2.45, 2.75) is 6.92 Å². The van der Waals surface area contributed by atoms with E-state index in [1.807, 2.05) is 30.3 Å². The van der Waals surface area contributed by atoms with Crippen molar-refractivity contribution in [3.63, 3.8) is 0 Å².